The SMILES string of the molecule is CC(C)(C)[C@H](NC(=O)c1ccccc1Cl)C(=O)N1[C@@H]2CC[C@@H](C2)[C@H]1C(=O)NC(C=O)CC(=O)O. The Morgan fingerprint density at radius 3 is 2.44 bits per heavy atom. The van der Waals surface area contributed by atoms with Crippen LogP contribution in [0.2, 0.25) is 5.02 Å². The number of amides is 3. The van der Waals surface area contributed by atoms with Gasteiger partial charge < -0.3 is 25.4 Å². The third-order valence-corrected chi connectivity index (χ3v) is 6.83. The summed E-state index contributed by atoms with van der Waals surface area (Å²) in [4.78, 5) is 63.7. The van der Waals surface area contributed by atoms with Gasteiger partial charge in [0.15, 0.2) is 0 Å². The van der Waals surface area contributed by atoms with Crippen LogP contribution in [0.1, 0.15) is 56.8 Å². The van der Waals surface area contributed by atoms with E-state index in [1.54, 1.807) is 24.3 Å². The summed E-state index contributed by atoms with van der Waals surface area (Å²) in [5.41, 5.74) is -0.433. The standard InChI is InChI=1S/C24H30ClN3O6/c1-24(2,3)20(27-21(32)16-6-4-5-7-17(16)25)23(34)28-15-9-8-13(10-15)19(28)22(33)26-14(12-29)11-18(30)31/h4-7,12-15,19-20H,8-11H2,1-3H3,(H,26,33)(H,27,32)(H,30,31)/t13-,14?,15+,19-,20+/m0/s1. The average Bonchev–Trinajstić information content (AvgIpc) is 3.37. The molecule has 0 aromatic heterocycles. The number of carboxylic acids is 1. The van der Waals surface area contributed by atoms with Gasteiger partial charge in [0.1, 0.15) is 18.4 Å². The average molecular weight is 492 g/mol. The third kappa shape index (κ3) is 5.41. The molecule has 2 aliphatic rings. The Balaban J connectivity index is 1.85. The first-order chi connectivity index (χ1) is 15.9. The monoisotopic (exact) mass is 491 g/mol. The Morgan fingerprint density at radius 1 is 1.18 bits per heavy atom. The molecule has 1 aromatic carbocycles. The maximum Gasteiger partial charge on any atom is 0.305 e. The highest BCUT2D eigenvalue weighted by Gasteiger charge is 2.53. The fourth-order valence-electron chi connectivity index (χ4n) is 4.88. The minimum Gasteiger partial charge on any atom is -0.481 e. The second-order valence-corrected chi connectivity index (χ2v) is 10.4. The lowest BCUT2D eigenvalue weighted by Crippen LogP contribution is -2.61. The number of carbonyl (C=O) groups is 5. The first-order valence-electron chi connectivity index (χ1n) is 11.3. The number of fused-ring (bicyclic) bond motifs is 2. The zero-order valence-corrected chi connectivity index (χ0v) is 20.2. The number of nitrogens with one attached hydrogen (secondary N) is 2. The van der Waals surface area contributed by atoms with Gasteiger partial charge in [0.2, 0.25) is 11.8 Å². The molecule has 3 amide bonds. The maximum absolute atomic E-state index is 13.8. The molecule has 5 atom stereocenters. The molecular formula is C24H30ClN3O6. The predicted molar refractivity (Wildman–Crippen MR) is 124 cm³/mol. The smallest absolute Gasteiger partial charge is 0.305 e. The van der Waals surface area contributed by atoms with E-state index in [1.807, 2.05) is 20.8 Å². The molecule has 1 aliphatic heterocycles. The molecule has 184 valence electrons. The number of benzene rings is 1. The largest absolute Gasteiger partial charge is 0.481 e. The minimum absolute atomic E-state index is 0.0917. The summed E-state index contributed by atoms with van der Waals surface area (Å²) in [7, 11) is 0. The van der Waals surface area contributed by atoms with Crippen molar-refractivity contribution >= 4 is 41.6 Å². The minimum atomic E-state index is -1.21. The fourth-order valence-corrected chi connectivity index (χ4v) is 5.11. The fraction of sp³-hybridized carbons (Fsp3) is 0.542. The van der Waals surface area contributed by atoms with Crippen LogP contribution in [0.5, 0.6) is 0 Å². The van der Waals surface area contributed by atoms with Gasteiger partial charge in [0, 0.05) is 6.04 Å². The van der Waals surface area contributed by atoms with E-state index in [-0.39, 0.29) is 28.5 Å². The van der Waals surface area contributed by atoms with E-state index < -0.39 is 47.7 Å². The van der Waals surface area contributed by atoms with Crippen molar-refractivity contribution in [3.63, 3.8) is 0 Å². The number of hydrogen-bond acceptors (Lipinski definition) is 5. The van der Waals surface area contributed by atoms with Crippen molar-refractivity contribution in [1.29, 1.82) is 0 Å². The lowest BCUT2D eigenvalue weighted by molar-refractivity contribution is -0.147. The van der Waals surface area contributed by atoms with Crippen molar-refractivity contribution < 1.29 is 29.1 Å². The van der Waals surface area contributed by atoms with Crippen LogP contribution in [0, 0.1) is 11.3 Å². The first-order valence-corrected chi connectivity index (χ1v) is 11.7. The van der Waals surface area contributed by atoms with Gasteiger partial charge in [-0.25, -0.2) is 0 Å². The Labute approximate surface area is 203 Å². The normalized spacial score (nSPS) is 23.2. The van der Waals surface area contributed by atoms with E-state index in [2.05, 4.69) is 10.6 Å². The molecule has 10 heteroatoms. The van der Waals surface area contributed by atoms with Crippen LogP contribution >= 0.6 is 11.6 Å². The van der Waals surface area contributed by atoms with Crippen LogP contribution in [0.3, 0.4) is 0 Å². The van der Waals surface area contributed by atoms with E-state index in [0.717, 1.165) is 12.8 Å². The van der Waals surface area contributed by atoms with E-state index >= 15 is 0 Å². The number of halogens is 1. The number of aldehydes is 1. The van der Waals surface area contributed by atoms with Crippen LogP contribution in [-0.4, -0.2) is 64.2 Å². The molecule has 9 nitrogen and oxygen atoms in total. The lowest BCUT2D eigenvalue weighted by Gasteiger charge is -2.40. The van der Waals surface area contributed by atoms with Crippen LogP contribution < -0.4 is 10.6 Å². The van der Waals surface area contributed by atoms with E-state index in [4.69, 9.17) is 16.7 Å². The van der Waals surface area contributed by atoms with E-state index in [0.29, 0.717) is 12.7 Å². The number of aliphatic carboxylic acids is 1. The van der Waals surface area contributed by atoms with Crippen molar-refractivity contribution in [2.45, 2.75) is 70.6 Å². The van der Waals surface area contributed by atoms with Crippen molar-refractivity contribution in [3.8, 4) is 0 Å². The highest BCUT2D eigenvalue weighted by Crippen LogP contribution is 2.43. The number of piperidine rings is 1. The summed E-state index contributed by atoms with van der Waals surface area (Å²) in [6.07, 6.45) is 1.98. The zero-order chi connectivity index (χ0) is 25.2. The highest BCUT2D eigenvalue weighted by molar-refractivity contribution is 6.33. The van der Waals surface area contributed by atoms with Crippen LogP contribution in [0.25, 0.3) is 0 Å². The molecule has 3 rings (SSSR count). The molecular weight excluding hydrogens is 462 g/mol. The molecule has 1 saturated heterocycles. The van der Waals surface area contributed by atoms with Gasteiger partial charge in [-0.3, -0.25) is 19.2 Å². The Bertz CT molecular complexity index is 991. The molecule has 1 heterocycles. The highest BCUT2D eigenvalue weighted by atomic mass is 35.5. The molecule has 3 N–H and O–H groups in total. The van der Waals surface area contributed by atoms with Crippen LogP contribution in [0.15, 0.2) is 24.3 Å². The molecule has 2 bridgehead atoms. The molecule has 34 heavy (non-hydrogen) atoms. The first kappa shape index (κ1) is 25.7. The van der Waals surface area contributed by atoms with E-state index in [1.165, 1.54) is 4.90 Å². The summed E-state index contributed by atoms with van der Waals surface area (Å²) in [5, 5.41) is 14.5. The quantitative estimate of drug-likeness (QED) is 0.476. The van der Waals surface area contributed by atoms with Crippen molar-refractivity contribution in [1.82, 2.24) is 15.5 Å². The summed E-state index contributed by atoms with van der Waals surface area (Å²) >= 11 is 6.16. The molecule has 1 aliphatic carbocycles. The molecule has 0 spiro atoms. The molecule has 1 saturated carbocycles. The number of likely N-dealkylation sites (tertiary alicyclic amines) is 1. The topological polar surface area (TPSA) is 133 Å². The van der Waals surface area contributed by atoms with Crippen molar-refractivity contribution in [2.75, 3.05) is 0 Å². The Kier molecular flexibility index (Phi) is 7.65. The third-order valence-electron chi connectivity index (χ3n) is 6.50. The van der Waals surface area contributed by atoms with Gasteiger partial charge >= 0.3 is 5.97 Å². The summed E-state index contributed by atoms with van der Waals surface area (Å²) < 4.78 is 0. The molecule has 2 fully saturated rings. The van der Waals surface area contributed by atoms with Gasteiger partial charge in [-0.2, -0.15) is 0 Å². The number of carboxylic acid groups (broad SMARTS) is 1. The Morgan fingerprint density at radius 2 is 1.85 bits per heavy atom. The second kappa shape index (κ2) is 10.1. The summed E-state index contributed by atoms with van der Waals surface area (Å²) in [6.45, 7) is 5.46. The zero-order valence-electron chi connectivity index (χ0n) is 19.4. The van der Waals surface area contributed by atoms with Crippen molar-refractivity contribution in [2.24, 2.45) is 11.3 Å². The van der Waals surface area contributed by atoms with Crippen LogP contribution in [-0.2, 0) is 19.2 Å². The molecule has 0 radical (unpaired) electrons. The van der Waals surface area contributed by atoms with Gasteiger partial charge in [0.05, 0.1) is 23.0 Å². The number of nitrogens with zero attached hydrogens (tertiary/aromatic N) is 1. The van der Waals surface area contributed by atoms with E-state index in [9.17, 15) is 24.0 Å². The summed E-state index contributed by atoms with van der Waals surface area (Å²) in [6, 6.07) is 3.42. The lowest BCUT2D eigenvalue weighted by atomic mass is 9.84. The maximum atomic E-state index is 13.8. The predicted octanol–water partition coefficient (Wildman–Crippen LogP) is 2.02. The number of carbonyl (C=O) groups excluding carboxylic acids is 4. The molecule has 1 unspecified atom stereocenters. The van der Waals surface area contributed by atoms with Gasteiger partial charge in [-0.1, -0.05) is 44.5 Å². The number of hydrogen-bond donors (Lipinski definition) is 3. The van der Waals surface area contributed by atoms with Gasteiger partial charge in [-0.15, -0.1) is 0 Å². The number of rotatable bonds is 8. The van der Waals surface area contributed by atoms with Crippen LogP contribution in [0.4, 0.5) is 0 Å². The molecule has 1 aromatic rings. The van der Waals surface area contributed by atoms with Gasteiger partial charge in [0.25, 0.3) is 5.91 Å². The van der Waals surface area contributed by atoms with Gasteiger partial charge in [-0.05, 0) is 42.7 Å². The Hall–Kier alpha value is -2.94. The second-order valence-electron chi connectivity index (χ2n) is 10.0. The van der Waals surface area contributed by atoms with Crippen molar-refractivity contribution in [3.05, 3.63) is 34.9 Å². The summed E-state index contributed by atoms with van der Waals surface area (Å²) in [5.74, 6) is -2.74.